The van der Waals surface area contributed by atoms with Crippen LogP contribution in [0.15, 0.2) is 18.6 Å². The smallest absolute Gasteiger partial charge is 0.0953 e. The van der Waals surface area contributed by atoms with Gasteiger partial charge < -0.3 is 9.88 Å². The van der Waals surface area contributed by atoms with Crippen molar-refractivity contribution in [3.05, 3.63) is 24.3 Å². The lowest BCUT2D eigenvalue weighted by atomic mass is 10.2. The minimum absolute atomic E-state index is 0.394. The molecule has 0 amide bonds. The van der Waals surface area contributed by atoms with Gasteiger partial charge in [0.05, 0.1) is 18.2 Å². The fraction of sp³-hybridized carbons (Fsp3) is 0.545. The average molecular weight is 193 g/mol. The first-order valence-corrected chi connectivity index (χ1v) is 5.02. The van der Waals surface area contributed by atoms with Crippen molar-refractivity contribution in [2.75, 3.05) is 7.05 Å². The highest BCUT2D eigenvalue weighted by atomic mass is 15.1. The standard InChI is InChI=1S/C11H19N3/c1-9(2)14-8-13-7-11(14)6-5-10(3)12-4/h5-10,12H,1-4H3/b6-5+. The highest BCUT2D eigenvalue weighted by Gasteiger charge is 2.01. The van der Waals surface area contributed by atoms with Gasteiger partial charge >= 0.3 is 0 Å². The van der Waals surface area contributed by atoms with E-state index in [-0.39, 0.29) is 0 Å². The molecule has 1 atom stereocenters. The van der Waals surface area contributed by atoms with Crippen LogP contribution < -0.4 is 5.32 Å². The summed E-state index contributed by atoms with van der Waals surface area (Å²) in [6.07, 6.45) is 8.00. The van der Waals surface area contributed by atoms with Gasteiger partial charge in [-0.1, -0.05) is 6.08 Å². The van der Waals surface area contributed by atoms with Crippen LogP contribution in [0.25, 0.3) is 6.08 Å². The number of rotatable bonds is 4. The lowest BCUT2D eigenvalue weighted by Gasteiger charge is -2.09. The zero-order chi connectivity index (χ0) is 10.6. The molecule has 0 spiro atoms. The third-order valence-corrected chi connectivity index (χ3v) is 2.26. The van der Waals surface area contributed by atoms with Gasteiger partial charge in [0.1, 0.15) is 0 Å². The fourth-order valence-corrected chi connectivity index (χ4v) is 1.21. The molecular formula is C11H19N3. The molecule has 0 fully saturated rings. The monoisotopic (exact) mass is 193 g/mol. The van der Waals surface area contributed by atoms with Crippen molar-refractivity contribution in [3.63, 3.8) is 0 Å². The summed E-state index contributed by atoms with van der Waals surface area (Å²) >= 11 is 0. The molecule has 0 saturated heterocycles. The Bertz CT molecular complexity index is 299. The second-order valence-electron chi connectivity index (χ2n) is 3.76. The van der Waals surface area contributed by atoms with E-state index in [4.69, 9.17) is 0 Å². The van der Waals surface area contributed by atoms with E-state index in [1.807, 2.05) is 19.6 Å². The molecular weight excluding hydrogens is 174 g/mol. The van der Waals surface area contributed by atoms with Gasteiger partial charge in [-0.05, 0) is 33.9 Å². The number of hydrogen-bond donors (Lipinski definition) is 1. The van der Waals surface area contributed by atoms with Crippen LogP contribution >= 0.6 is 0 Å². The van der Waals surface area contributed by atoms with Gasteiger partial charge in [0, 0.05) is 12.1 Å². The van der Waals surface area contributed by atoms with Gasteiger partial charge in [-0.2, -0.15) is 0 Å². The Morgan fingerprint density at radius 1 is 1.43 bits per heavy atom. The summed E-state index contributed by atoms with van der Waals surface area (Å²) in [4.78, 5) is 4.14. The number of nitrogens with one attached hydrogen (secondary N) is 1. The number of imidazole rings is 1. The van der Waals surface area contributed by atoms with E-state index in [0.717, 1.165) is 5.69 Å². The Morgan fingerprint density at radius 2 is 2.14 bits per heavy atom. The molecule has 1 aromatic heterocycles. The average Bonchev–Trinajstić information content (AvgIpc) is 2.62. The van der Waals surface area contributed by atoms with E-state index in [9.17, 15) is 0 Å². The van der Waals surface area contributed by atoms with E-state index < -0.39 is 0 Å². The second kappa shape index (κ2) is 4.96. The van der Waals surface area contributed by atoms with Crippen molar-refractivity contribution < 1.29 is 0 Å². The Hall–Kier alpha value is -1.09. The Morgan fingerprint density at radius 3 is 2.71 bits per heavy atom. The lowest BCUT2D eigenvalue weighted by molar-refractivity contribution is 0.595. The van der Waals surface area contributed by atoms with Crippen LogP contribution in [0.4, 0.5) is 0 Å². The van der Waals surface area contributed by atoms with Crippen LogP contribution in [0.1, 0.15) is 32.5 Å². The zero-order valence-electron chi connectivity index (χ0n) is 9.36. The van der Waals surface area contributed by atoms with Crippen LogP contribution in [0.2, 0.25) is 0 Å². The van der Waals surface area contributed by atoms with Crippen LogP contribution in [-0.2, 0) is 0 Å². The van der Waals surface area contributed by atoms with Gasteiger partial charge in [0.25, 0.3) is 0 Å². The van der Waals surface area contributed by atoms with E-state index in [2.05, 4.69) is 47.8 Å². The molecule has 0 aromatic carbocycles. The maximum Gasteiger partial charge on any atom is 0.0953 e. The van der Waals surface area contributed by atoms with Crippen molar-refractivity contribution in [2.24, 2.45) is 0 Å². The summed E-state index contributed by atoms with van der Waals surface area (Å²) in [5, 5.41) is 3.16. The number of likely N-dealkylation sites (N-methyl/N-ethyl adjacent to an activating group) is 1. The molecule has 14 heavy (non-hydrogen) atoms. The van der Waals surface area contributed by atoms with Crippen LogP contribution in [0.3, 0.4) is 0 Å². The Kier molecular flexibility index (Phi) is 3.89. The van der Waals surface area contributed by atoms with Crippen molar-refractivity contribution >= 4 is 6.08 Å². The SMILES string of the molecule is CNC(C)/C=C/c1cncn1C(C)C. The van der Waals surface area contributed by atoms with Gasteiger partial charge in [-0.3, -0.25) is 0 Å². The molecule has 0 bridgehead atoms. The van der Waals surface area contributed by atoms with Crippen molar-refractivity contribution in [3.8, 4) is 0 Å². The maximum atomic E-state index is 4.14. The third-order valence-electron chi connectivity index (χ3n) is 2.26. The summed E-state index contributed by atoms with van der Waals surface area (Å²) < 4.78 is 2.15. The molecule has 0 aliphatic heterocycles. The molecule has 0 saturated carbocycles. The largest absolute Gasteiger partial charge is 0.329 e. The fourth-order valence-electron chi connectivity index (χ4n) is 1.21. The first kappa shape index (κ1) is 11.0. The second-order valence-corrected chi connectivity index (χ2v) is 3.76. The molecule has 0 aliphatic rings. The summed E-state index contributed by atoms with van der Waals surface area (Å²) in [6.45, 7) is 6.42. The molecule has 1 rings (SSSR count). The van der Waals surface area contributed by atoms with Crippen LogP contribution in [0, 0.1) is 0 Å². The molecule has 1 heterocycles. The van der Waals surface area contributed by atoms with Crippen molar-refractivity contribution in [1.29, 1.82) is 0 Å². The van der Waals surface area contributed by atoms with Gasteiger partial charge in [0.15, 0.2) is 0 Å². The van der Waals surface area contributed by atoms with E-state index >= 15 is 0 Å². The Labute approximate surface area is 85.8 Å². The maximum absolute atomic E-state index is 4.14. The van der Waals surface area contributed by atoms with Gasteiger partial charge in [-0.25, -0.2) is 4.98 Å². The van der Waals surface area contributed by atoms with Crippen LogP contribution in [0.5, 0.6) is 0 Å². The quantitative estimate of drug-likeness (QED) is 0.793. The summed E-state index contributed by atoms with van der Waals surface area (Å²) in [6, 6.07) is 0.854. The highest BCUT2D eigenvalue weighted by molar-refractivity contribution is 5.44. The minimum Gasteiger partial charge on any atom is -0.329 e. The molecule has 3 nitrogen and oxygen atoms in total. The highest BCUT2D eigenvalue weighted by Crippen LogP contribution is 2.10. The zero-order valence-corrected chi connectivity index (χ0v) is 9.36. The molecule has 0 aliphatic carbocycles. The molecule has 1 aromatic rings. The van der Waals surface area contributed by atoms with E-state index in [0.29, 0.717) is 12.1 Å². The van der Waals surface area contributed by atoms with Gasteiger partial charge in [0.2, 0.25) is 0 Å². The van der Waals surface area contributed by atoms with E-state index in [1.165, 1.54) is 0 Å². The number of hydrogen-bond acceptors (Lipinski definition) is 2. The molecule has 3 heteroatoms. The molecule has 0 radical (unpaired) electrons. The molecule has 1 N–H and O–H groups in total. The Balaban J connectivity index is 2.76. The number of nitrogens with zero attached hydrogens (tertiary/aromatic N) is 2. The molecule has 1 unspecified atom stereocenters. The topological polar surface area (TPSA) is 29.9 Å². The molecule has 78 valence electrons. The van der Waals surface area contributed by atoms with E-state index in [1.54, 1.807) is 0 Å². The summed E-state index contributed by atoms with van der Waals surface area (Å²) in [7, 11) is 1.95. The van der Waals surface area contributed by atoms with Crippen LogP contribution in [-0.4, -0.2) is 22.6 Å². The summed E-state index contributed by atoms with van der Waals surface area (Å²) in [5.74, 6) is 0. The van der Waals surface area contributed by atoms with Gasteiger partial charge in [-0.15, -0.1) is 0 Å². The van der Waals surface area contributed by atoms with Crippen molar-refractivity contribution in [1.82, 2.24) is 14.9 Å². The first-order chi connectivity index (χ1) is 6.65. The predicted molar refractivity (Wildman–Crippen MR) is 60.2 cm³/mol. The number of aromatic nitrogens is 2. The van der Waals surface area contributed by atoms with Crippen molar-refractivity contribution in [2.45, 2.75) is 32.9 Å². The lowest BCUT2D eigenvalue weighted by Crippen LogP contribution is -2.17. The first-order valence-electron chi connectivity index (χ1n) is 5.02. The summed E-state index contributed by atoms with van der Waals surface area (Å²) in [5.41, 5.74) is 1.15. The third kappa shape index (κ3) is 2.70. The minimum atomic E-state index is 0.394. The normalized spacial score (nSPS) is 14.1. The predicted octanol–water partition coefficient (Wildman–Crippen LogP) is 2.09.